The molecule has 0 heterocycles. The number of hydrogen-bond donors (Lipinski definition) is 1. The van der Waals surface area contributed by atoms with E-state index in [0.29, 0.717) is 5.92 Å². The summed E-state index contributed by atoms with van der Waals surface area (Å²) in [6.07, 6.45) is 2.04. The Balaban J connectivity index is 2.43. The molecule has 10 heavy (non-hydrogen) atoms. The third-order valence-electron chi connectivity index (χ3n) is 2.31. The van der Waals surface area contributed by atoms with E-state index in [-0.39, 0.29) is 11.7 Å². The fourth-order valence-electron chi connectivity index (χ4n) is 1.10. The first-order valence-corrected chi connectivity index (χ1v) is 3.81. The molecule has 1 atom stereocenters. The third-order valence-corrected chi connectivity index (χ3v) is 2.31. The number of aliphatic hydroxyl groups excluding tert-OH is 1. The fraction of sp³-hybridized carbons (Fsp3) is 1.00. The minimum absolute atomic E-state index is 0.280. The zero-order valence-corrected chi connectivity index (χ0v) is 6.92. The summed E-state index contributed by atoms with van der Waals surface area (Å²) in [5, 5.41) is 9.59. The van der Waals surface area contributed by atoms with Crippen LogP contribution in [0.5, 0.6) is 0 Å². The molecule has 2 heteroatoms. The van der Waals surface area contributed by atoms with E-state index >= 15 is 0 Å². The average molecular weight is 144 g/mol. The molecule has 0 aromatic heterocycles. The standard InChI is InChI=1S/C8H16O2/c1-8(2,10-3)7(9)6-4-5-6/h6-7,9H,4-5H2,1-3H3. The second-order valence-corrected chi connectivity index (χ2v) is 3.59. The van der Waals surface area contributed by atoms with Gasteiger partial charge in [-0.15, -0.1) is 0 Å². The van der Waals surface area contributed by atoms with Crippen LogP contribution in [0.2, 0.25) is 0 Å². The van der Waals surface area contributed by atoms with Gasteiger partial charge >= 0.3 is 0 Å². The lowest BCUT2D eigenvalue weighted by Crippen LogP contribution is -2.39. The summed E-state index contributed by atoms with van der Waals surface area (Å²) in [6.45, 7) is 3.85. The number of methoxy groups -OCH3 is 1. The predicted molar refractivity (Wildman–Crippen MR) is 39.8 cm³/mol. The molecular weight excluding hydrogens is 128 g/mol. The third kappa shape index (κ3) is 1.50. The Labute approximate surface area is 62.2 Å². The Morgan fingerprint density at radius 2 is 2.00 bits per heavy atom. The molecule has 1 saturated carbocycles. The Kier molecular flexibility index (Phi) is 2.02. The van der Waals surface area contributed by atoms with Crippen LogP contribution in [0.4, 0.5) is 0 Å². The van der Waals surface area contributed by atoms with E-state index in [1.807, 2.05) is 13.8 Å². The van der Waals surface area contributed by atoms with Crippen LogP contribution < -0.4 is 0 Å². The van der Waals surface area contributed by atoms with E-state index in [1.165, 1.54) is 0 Å². The number of ether oxygens (including phenoxy) is 1. The van der Waals surface area contributed by atoms with Gasteiger partial charge in [-0.05, 0) is 32.6 Å². The summed E-state index contributed by atoms with van der Waals surface area (Å²) < 4.78 is 5.15. The van der Waals surface area contributed by atoms with Gasteiger partial charge in [0.1, 0.15) is 0 Å². The molecule has 1 N–H and O–H groups in total. The van der Waals surface area contributed by atoms with Crippen LogP contribution in [-0.4, -0.2) is 23.9 Å². The van der Waals surface area contributed by atoms with E-state index in [2.05, 4.69) is 0 Å². The maximum Gasteiger partial charge on any atom is 0.0883 e. The maximum absolute atomic E-state index is 9.59. The topological polar surface area (TPSA) is 29.5 Å². The van der Waals surface area contributed by atoms with Crippen molar-refractivity contribution in [2.24, 2.45) is 5.92 Å². The summed E-state index contributed by atoms with van der Waals surface area (Å²) in [6, 6.07) is 0. The average Bonchev–Trinajstić information content (AvgIpc) is 2.68. The van der Waals surface area contributed by atoms with Crippen molar-refractivity contribution >= 4 is 0 Å². The zero-order chi connectivity index (χ0) is 7.78. The van der Waals surface area contributed by atoms with Crippen molar-refractivity contribution in [1.29, 1.82) is 0 Å². The highest BCUT2D eigenvalue weighted by Crippen LogP contribution is 2.37. The summed E-state index contributed by atoms with van der Waals surface area (Å²) >= 11 is 0. The molecule has 1 rings (SSSR count). The van der Waals surface area contributed by atoms with Crippen LogP contribution in [0.15, 0.2) is 0 Å². The van der Waals surface area contributed by atoms with E-state index in [0.717, 1.165) is 12.8 Å². The van der Waals surface area contributed by atoms with E-state index in [9.17, 15) is 5.11 Å². The van der Waals surface area contributed by atoms with Crippen LogP contribution in [-0.2, 0) is 4.74 Å². The van der Waals surface area contributed by atoms with E-state index in [1.54, 1.807) is 7.11 Å². The molecule has 0 aromatic carbocycles. The Bertz CT molecular complexity index is 116. The summed E-state index contributed by atoms with van der Waals surface area (Å²) in [4.78, 5) is 0. The van der Waals surface area contributed by atoms with Crippen LogP contribution in [0.25, 0.3) is 0 Å². The Hall–Kier alpha value is -0.0800. The zero-order valence-electron chi connectivity index (χ0n) is 6.92. The molecule has 1 fully saturated rings. The molecule has 0 bridgehead atoms. The first kappa shape index (κ1) is 8.02. The normalized spacial score (nSPS) is 22.8. The molecule has 0 spiro atoms. The summed E-state index contributed by atoms with van der Waals surface area (Å²) in [5.74, 6) is 0.495. The Morgan fingerprint density at radius 1 is 1.50 bits per heavy atom. The highest BCUT2D eigenvalue weighted by atomic mass is 16.5. The highest BCUT2D eigenvalue weighted by molar-refractivity contribution is 4.91. The van der Waals surface area contributed by atoms with E-state index in [4.69, 9.17) is 4.74 Å². The molecular formula is C8H16O2. The number of aliphatic hydroxyl groups is 1. The molecule has 1 unspecified atom stereocenters. The van der Waals surface area contributed by atoms with Crippen molar-refractivity contribution in [2.75, 3.05) is 7.11 Å². The fourth-order valence-corrected chi connectivity index (χ4v) is 1.10. The van der Waals surface area contributed by atoms with E-state index < -0.39 is 0 Å². The minimum Gasteiger partial charge on any atom is -0.390 e. The predicted octanol–water partition coefficient (Wildman–Crippen LogP) is 1.18. The van der Waals surface area contributed by atoms with Gasteiger partial charge in [-0.25, -0.2) is 0 Å². The van der Waals surface area contributed by atoms with Crippen LogP contribution in [0.3, 0.4) is 0 Å². The molecule has 60 valence electrons. The molecule has 0 saturated heterocycles. The molecule has 2 nitrogen and oxygen atoms in total. The van der Waals surface area contributed by atoms with Gasteiger partial charge in [0.25, 0.3) is 0 Å². The molecule has 0 amide bonds. The quantitative estimate of drug-likeness (QED) is 0.644. The smallest absolute Gasteiger partial charge is 0.0883 e. The minimum atomic E-state index is -0.360. The summed E-state index contributed by atoms with van der Waals surface area (Å²) in [7, 11) is 1.64. The number of hydrogen-bond acceptors (Lipinski definition) is 2. The van der Waals surface area contributed by atoms with Gasteiger partial charge in [-0.1, -0.05) is 0 Å². The lowest BCUT2D eigenvalue weighted by atomic mass is 9.98. The monoisotopic (exact) mass is 144 g/mol. The van der Waals surface area contributed by atoms with Crippen molar-refractivity contribution < 1.29 is 9.84 Å². The summed E-state index contributed by atoms with van der Waals surface area (Å²) in [5.41, 5.74) is -0.360. The molecule has 1 aliphatic carbocycles. The lowest BCUT2D eigenvalue weighted by Gasteiger charge is -2.28. The first-order chi connectivity index (χ1) is 4.58. The van der Waals surface area contributed by atoms with Gasteiger partial charge < -0.3 is 9.84 Å². The number of rotatable bonds is 3. The highest BCUT2D eigenvalue weighted by Gasteiger charge is 2.39. The van der Waals surface area contributed by atoms with Gasteiger partial charge in [-0.2, -0.15) is 0 Å². The second-order valence-electron chi connectivity index (χ2n) is 3.59. The largest absolute Gasteiger partial charge is 0.390 e. The van der Waals surface area contributed by atoms with Crippen LogP contribution >= 0.6 is 0 Å². The maximum atomic E-state index is 9.59. The van der Waals surface area contributed by atoms with Gasteiger partial charge in [0.2, 0.25) is 0 Å². The molecule has 0 aliphatic heterocycles. The van der Waals surface area contributed by atoms with Crippen molar-refractivity contribution in [2.45, 2.75) is 38.4 Å². The van der Waals surface area contributed by atoms with Gasteiger partial charge in [0.15, 0.2) is 0 Å². The lowest BCUT2D eigenvalue weighted by molar-refractivity contribution is -0.0860. The van der Waals surface area contributed by atoms with Crippen molar-refractivity contribution in [3.63, 3.8) is 0 Å². The first-order valence-electron chi connectivity index (χ1n) is 3.81. The second kappa shape index (κ2) is 2.51. The van der Waals surface area contributed by atoms with Crippen molar-refractivity contribution in [3.8, 4) is 0 Å². The van der Waals surface area contributed by atoms with Gasteiger partial charge in [0.05, 0.1) is 11.7 Å². The van der Waals surface area contributed by atoms with Gasteiger partial charge in [0, 0.05) is 7.11 Å². The Morgan fingerprint density at radius 3 is 2.30 bits per heavy atom. The van der Waals surface area contributed by atoms with Crippen molar-refractivity contribution in [1.82, 2.24) is 0 Å². The molecule has 0 radical (unpaired) electrons. The molecule has 1 aliphatic rings. The van der Waals surface area contributed by atoms with Crippen LogP contribution in [0.1, 0.15) is 26.7 Å². The van der Waals surface area contributed by atoms with Crippen molar-refractivity contribution in [3.05, 3.63) is 0 Å². The van der Waals surface area contributed by atoms with Crippen LogP contribution in [0, 0.1) is 5.92 Å². The SMILES string of the molecule is COC(C)(C)C(O)C1CC1. The molecule has 0 aromatic rings. The van der Waals surface area contributed by atoms with Gasteiger partial charge in [-0.3, -0.25) is 0 Å².